The molecule has 2 rings (SSSR count). The maximum Gasteiger partial charge on any atom is 0.325 e. The van der Waals surface area contributed by atoms with E-state index in [0.717, 1.165) is 0 Å². The topological polar surface area (TPSA) is 178 Å². The van der Waals surface area contributed by atoms with Crippen molar-refractivity contribution < 1.29 is 43.9 Å². The monoisotopic (exact) mass is 406 g/mol. The first-order valence-electron chi connectivity index (χ1n) is 8.10. The van der Waals surface area contributed by atoms with Crippen molar-refractivity contribution in [1.82, 2.24) is 5.32 Å². The van der Waals surface area contributed by atoms with Gasteiger partial charge < -0.3 is 45.2 Å². The minimum atomic E-state index is -4.32. The number of nitrogens with one attached hydrogen (secondary N) is 2. The van der Waals surface area contributed by atoms with E-state index in [1.165, 1.54) is 31.3 Å². The number of urea groups is 1. The van der Waals surface area contributed by atoms with E-state index < -0.39 is 50.5 Å². The van der Waals surface area contributed by atoms with Gasteiger partial charge in [-0.3, -0.25) is 4.57 Å². The number of hydrogen-bond donors (Lipinski definition) is 7. The maximum atomic E-state index is 11.2. The van der Waals surface area contributed by atoms with Crippen LogP contribution in [0.5, 0.6) is 5.75 Å². The molecule has 0 aromatic heterocycles. The molecule has 0 aliphatic carbocycles. The van der Waals surface area contributed by atoms with Crippen LogP contribution in [0.4, 0.5) is 10.5 Å². The molecule has 11 nitrogen and oxygen atoms in total. The van der Waals surface area contributed by atoms with Crippen LogP contribution in [0, 0.1) is 0 Å². The van der Waals surface area contributed by atoms with E-state index in [1.54, 1.807) is 0 Å². The predicted molar refractivity (Wildman–Crippen MR) is 93.4 cm³/mol. The van der Waals surface area contributed by atoms with E-state index in [1.807, 2.05) is 0 Å². The lowest BCUT2D eigenvalue weighted by Gasteiger charge is -2.40. The van der Waals surface area contributed by atoms with Crippen LogP contribution in [0.3, 0.4) is 0 Å². The maximum absolute atomic E-state index is 11.2. The molecule has 1 heterocycles. The summed E-state index contributed by atoms with van der Waals surface area (Å²) in [5.41, 5.74) is 0.488. The van der Waals surface area contributed by atoms with Crippen LogP contribution < -0.4 is 15.4 Å². The quantitative estimate of drug-likeness (QED) is 0.298. The molecule has 0 spiro atoms. The second kappa shape index (κ2) is 8.98. The van der Waals surface area contributed by atoms with Gasteiger partial charge in [-0.05, 0) is 30.7 Å². The highest BCUT2D eigenvalue weighted by Crippen LogP contribution is 2.37. The van der Waals surface area contributed by atoms with Gasteiger partial charge in [0.05, 0.1) is 12.3 Å². The predicted octanol–water partition coefficient (Wildman–Crippen LogP) is -0.808. The lowest BCUT2D eigenvalue weighted by Crippen LogP contribution is -2.59. The van der Waals surface area contributed by atoms with E-state index in [-0.39, 0.29) is 12.2 Å². The Morgan fingerprint density at radius 3 is 2.33 bits per heavy atom. The van der Waals surface area contributed by atoms with Crippen molar-refractivity contribution in [3.05, 3.63) is 24.3 Å². The van der Waals surface area contributed by atoms with Crippen molar-refractivity contribution in [1.29, 1.82) is 0 Å². The molecule has 152 valence electrons. The van der Waals surface area contributed by atoms with E-state index in [2.05, 4.69) is 10.6 Å². The molecular weight excluding hydrogens is 383 g/mol. The van der Waals surface area contributed by atoms with Gasteiger partial charge in [0.2, 0.25) is 6.29 Å². The van der Waals surface area contributed by atoms with Gasteiger partial charge in [0, 0.05) is 12.7 Å². The third-order valence-electron chi connectivity index (χ3n) is 3.96. The van der Waals surface area contributed by atoms with Crippen LogP contribution in [0.1, 0.15) is 6.42 Å². The molecule has 5 atom stereocenters. The first-order chi connectivity index (χ1) is 12.6. The minimum absolute atomic E-state index is 0.232. The second-order valence-corrected chi connectivity index (χ2v) is 7.81. The molecule has 1 aliphatic rings. The van der Waals surface area contributed by atoms with Gasteiger partial charge in [-0.15, -0.1) is 0 Å². The standard InChI is InChI=1S/C15H23N2O9P/c1-16-15(21)17-8-2-4-9(5-3-8)25-14-13(20)12(19)11(18)10(26-14)6-7-27(22,23)24/h2-5,10-14,18-20H,6-7H2,1H3,(H2,16,17,21)(H2,22,23,24)/t10-,11-,12+,13+,14+/m1/s1. The van der Waals surface area contributed by atoms with Gasteiger partial charge in [-0.2, -0.15) is 0 Å². The first-order valence-corrected chi connectivity index (χ1v) is 9.90. The highest BCUT2D eigenvalue weighted by Gasteiger charge is 2.45. The number of amides is 2. The first kappa shape index (κ1) is 21.6. The fourth-order valence-electron chi connectivity index (χ4n) is 2.49. The molecular formula is C15H23N2O9P. The molecule has 1 aromatic rings. The Labute approximate surface area is 155 Å². The van der Waals surface area contributed by atoms with Gasteiger partial charge in [0.15, 0.2) is 0 Å². The van der Waals surface area contributed by atoms with Gasteiger partial charge in [0.1, 0.15) is 24.1 Å². The normalized spacial score (nSPS) is 28.4. The van der Waals surface area contributed by atoms with E-state index in [0.29, 0.717) is 5.69 Å². The summed E-state index contributed by atoms with van der Waals surface area (Å²) in [4.78, 5) is 29.2. The Hall–Kier alpha value is -1.72. The molecule has 12 heteroatoms. The number of benzene rings is 1. The van der Waals surface area contributed by atoms with Gasteiger partial charge in [0.25, 0.3) is 0 Å². The number of aliphatic hydroxyl groups excluding tert-OH is 3. The van der Waals surface area contributed by atoms with Gasteiger partial charge >= 0.3 is 13.6 Å². The molecule has 0 bridgehead atoms. The zero-order valence-corrected chi connectivity index (χ0v) is 15.3. The summed E-state index contributed by atoms with van der Waals surface area (Å²) in [6.45, 7) is 0. The smallest absolute Gasteiger partial charge is 0.325 e. The summed E-state index contributed by atoms with van der Waals surface area (Å²) in [6.07, 6.45) is -7.98. The van der Waals surface area contributed by atoms with Gasteiger partial charge in [-0.1, -0.05) is 0 Å². The summed E-state index contributed by atoms with van der Waals surface area (Å²) < 4.78 is 21.9. The Morgan fingerprint density at radius 2 is 1.78 bits per heavy atom. The van der Waals surface area contributed by atoms with E-state index in [9.17, 15) is 24.7 Å². The van der Waals surface area contributed by atoms with Gasteiger partial charge in [-0.25, -0.2) is 4.79 Å². The Bertz CT molecular complexity index is 680. The lowest BCUT2D eigenvalue weighted by atomic mass is 9.97. The Kier molecular flexibility index (Phi) is 7.18. The fraction of sp³-hybridized carbons (Fsp3) is 0.533. The van der Waals surface area contributed by atoms with Crippen molar-refractivity contribution in [3.63, 3.8) is 0 Å². The lowest BCUT2D eigenvalue weighted by molar-refractivity contribution is -0.272. The summed E-state index contributed by atoms with van der Waals surface area (Å²) in [5.74, 6) is 0.249. The largest absolute Gasteiger partial charge is 0.462 e. The molecule has 7 N–H and O–H groups in total. The Morgan fingerprint density at radius 1 is 1.15 bits per heavy atom. The molecule has 27 heavy (non-hydrogen) atoms. The molecule has 1 saturated heterocycles. The number of rotatable bonds is 6. The van der Waals surface area contributed by atoms with Crippen LogP contribution in [-0.4, -0.2) is 75.1 Å². The minimum Gasteiger partial charge on any atom is -0.462 e. The van der Waals surface area contributed by atoms with Crippen LogP contribution in [0.25, 0.3) is 0 Å². The third kappa shape index (κ3) is 6.15. The van der Waals surface area contributed by atoms with Crippen molar-refractivity contribution in [2.24, 2.45) is 0 Å². The van der Waals surface area contributed by atoms with E-state index >= 15 is 0 Å². The number of aliphatic hydroxyl groups is 3. The number of carbonyl (C=O) groups is 1. The zero-order chi connectivity index (χ0) is 20.2. The zero-order valence-electron chi connectivity index (χ0n) is 14.4. The van der Waals surface area contributed by atoms with Crippen molar-refractivity contribution in [3.8, 4) is 5.75 Å². The third-order valence-corrected chi connectivity index (χ3v) is 4.81. The van der Waals surface area contributed by atoms with Crippen molar-refractivity contribution in [2.75, 3.05) is 18.5 Å². The number of ether oxygens (including phenoxy) is 2. The molecule has 0 saturated carbocycles. The average Bonchev–Trinajstić information content (AvgIpc) is 2.61. The molecule has 0 radical (unpaired) electrons. The molecule has 1 aromatic carbocycles. The molecule has 0 unspecified atom stereocenters. The SMILES string of the molecule is CNC(=O)Nc1ccc(O[C@H]2O[C@H](CCP(=O)(O)O)[C@@H](O)[C@H](O)[C@@H]2O)cc1. The summed E-state index contributed by atoms with van der Waals surface area (Å²) >= 11 is 0. The van der Waals surface area contributed by atoms with E-state index in [4.69, 9.17) is 19.3 Å². The van der Waals surface area contributed by atoms with Crippen LogP contribution in [0.15, 0.2) is 24.3 Å². The fourth-order valence-corrected chi connectivity index (χ4v) is 3.08. The Balaban J connectivity index is 2.03. The summed E-state index contributed by atoms with van der Waals surface area (Å²) in [7, 11) is -2.85. The molecule has 1 aliphatic heterocycles. The highest BCUT2D eigenvalue weighted by molar-refractivity contribution is 7.51. The number of anilines is 1. The highest BCUT2D eigenvalue weighted by atomic mass is 31.2. The summed E-state index contributed by atoms with van der Waals surface area (Å²) in [5, 5.41) is 34.9. The average molecular weight is 406 g/mol. The second-order valence-electron chi connectivity index (χ2n) is 6.04. The number of hydrogen-bond acceptors (Lipinski definition) is 7. The summed E-state index contributed by atoms with van der Waals surface area (Å²) in [6, 6.07) is 5.65. The number of carbonyl (C=O) groups excluding carboxylic acids is 1. The van der Waals surface area contributed by atoms with Crippen LogP contribution in [0.2, 0.25) is 0 Å². The molecule has 2 amide bonds. The molecule has 1 fully saturated rings. The van der Waals surface area contributed by atoms with Crippen molar-refractivity contribution in [2.45, 2.75) is 37.1 Å². The van der Waals surface area contributed by atoms with Crippen LogP contribution >= 0.6 is 7.60 Å². The van der Waals surface area contributed by atoms with Crippen LogP contribution in [-0.2, 0) is 9.30 Å². The van der Waals surface area contributed by atoms with Crippen molar-refractivity contribution >= 4 is 19.3 Å².